The Hall–Kier alpha value is -2.42. The lowest BCUT2D eigenvalue weighted by Gasteiger charge is -2.36. The number of piperazine rings is 1. The molecule has 1 aliphatic heterocycles. The molecular formula is C22H24N2O4S2. The van der Waals surface area contributed by atoms with Crippen molar-refractivity contribution >= 4 is 43.1 Å². The van der Waals surface area contributed by atoms with Crippen LogP contribution < -0.4 is 4.90 Å². The van der Waals surface area contributed by atoms with Gasteiger partial charge in [0.25, 0.3) is 0 Å². The molecule has 0 amide bonds. The van der Waals surface area contributed by atoms with E-state index in [9.17, 15) is 13.2 Å². The summed E-state index contributed by atoms with van der Waals surface area (Å²) in [5.41, 5.74) is 3.50. The fraction of sp³-hybridized carbons (Fsp3) is 0.318. The van der Waals surface area contributed by atoms with Crippen molar-refractivity contribution in [3.63, 3.8) is 0 Å². The lowest BCUT2D eigenvalue weighted by molar-refractivity contribution is 0.0602. The Morgan fingerprint density at radius 2 is 1.73 bits per heavy atom. The van der Waals surface area contributed by atoms with Gasteiger partial charge in [-0.1, -0.05) is 30.3 Å². The first-order valence-electron chi connectivity index (χ1n) is 9.75. The molecule has 2 aromatic carbocycles. The smallest absolute Gasteiger partial charge is 0.349 e. The Kier molecular flexibility index (Phi) is 5.57. The Labute approximate surface area is 180 Å². The molecular weight excluding hydrogens is 420 g/mol. The number of fused-ring (bicyclic) bond motifs is 1. The maximum absolute atomic E-state index is 13.6. The summed E-state index contributed by atoms with van der Waals surface area (Å²) in [6.07, 6.45) is 0. The van der Waals surface area contributed by atoms with Gasteiger partial charge < -0.3 is 9.64 Å². The maximum atomic E-state index is 13.6. The van der Waals surface area contributed by atoms with Crippen LogP contribution in [0.15, 0.2) is 47.4 Å². The van der Waals surface area contributed by atoms with Gasteiger partial charge in [0.05, 0.1) is 7.11 Å². The number of hydrogen-bond donors (Lipinski definition) is 0. The van der Waals surface area contributed by atoms with Gasteiger partial charge in [0.2, 0.25) is 10.0 Å². The van der Waals surface area contributed by atoms with Gasteiger partial charge >= 0.3 is 5.97 Å². The summed E-state index contributed by atoms with van der Waals surface area (Å²) in [4.78, 5) is 14.8. The summed E-state index contributed by atoms with van der Waals surface area (Å²) >= 11 is 1.16. The molecule has 0 spiro atoms. The molecule has 1 aromatic heterocycles. The van der Waals surface area contributed by atoms with Gasteiger partial charge in [-0.15, -0.1) is 11.3 Å². The van der Waals surface area contributed by atoms with Gasteiger partial charge in [-0.2, -0.15) is 4.31 Å². The highest BCUT2D eigenvalue weighted by Crippen LogP contribution is 2.37. The highest BCUT2D eigenvalue weighted by Gasteiger charge is 2.35. The molecule has 8 heteroatoms. The molecule has 6 nitrogen and oxygen atoms in total. The first kappa shape index (κ1) is 20.8. The largest absolute Gasteiger partial charge is 0.465 e. The third-order valence-corrected chi connectivity index (χ3v) is 8.73. The number of aryl methyl sites for hydroxylation is 2. The number of anilines is 1. The third kappa shape index (κ3) is 3.59. The number of carbonyl (C=O) groups is 1. The number of hydrogen-bond acceptors (Lipinski definition) is 6. The second-order valence-electron chi connectivity index (χ2n) is 7.43. The number of rotatable bonds is 4. The molecule has 0 aliphatic carbocycles. The first-order chi connectivity index (χ1) is 14.3. The van der Waals surface area contributed by atoms with Crippen LogP contribution in [0.3, 0.4) is 0 Å². The zero-order valence-electron chi connectivity index (χ0n) is 17.2. The minimum Gasteiger partial charge on any atom is -0.465 e. The lowest BCUT2D eigenvalue weighted by atomic mass is 10.1. The zero-order chi connectivity index (χ0) is 21.5. The SMILES string of the molecule is COC(=O)c1sc2ccccc2c1S(=O)(=O)N1CCN(c2cc(C)ccc2C)CC1. The van der Waals surface area contributed by atoms with Crippen LogP contribution in [0.5, 0.6) is 0 Å². The van der Waals surface area contributed by atoms with Crippen molar-refractivity contribution in [3.05, 3.63) is 58.5 Å². The fourth-order valence-electron chi connectivity index (χ4n) is 3.86. The van der Waals surface area contributed by atoms with E-state index in [1.807, 2.05) is 12.1 Å². The number of thiophene rings is 1. The number of carbonyl (C=O) groups excluding carboxylic acids is 1. The van der Waals surface area contributed by atoms with Gasteiger partial charge in [-0.3, -0.25) is 0 Å². The van der Waals surface area contributed by atoms with Gasteiger partial charge in [-0.05, 0) is 37.1 Å². The molecule has 0 N–H and O–H groups in total. The predicted octanol–water partition coefficient (Wildman–Crippen LogP) is 3.82. The summed E-state index contributed by atoms with van der Waals surface area (Å²) in [5.74, 6) is -0.621. The van der Waals surface area contributed by atoms with E-state index in [1.54, 1.807) is 12.1 Å². The average molecular weight is 445 g/mol. The van der Waals surface area contributed by atoms with Gasteiger partial charge in [0, 0.05) is 42.0 Å². The lowest BCUT2D eigenvalue weighted by Crippen LogP contribution is -2.49. The van der Waals surface area contributed by atoms with Crippen LogP contribution in [0, 0.1) is 13.8 Å². The minimum absolute atomic E-state index is 0.0649. The molecule has 1 fully saturated rings. The van der Waals surface area contributed by atoms with Crippen molar-refractivity contribution in [2.75, 3.05) is 38.2 Å². The van der Waals surface area contributed by atoms with E-state index in [1.165, 1.54) is 22.5 Å². The van der Waals surface area contributed by atoms with Crippen LogP contribution in [-0.4, -0.2) is 52.0 Å². The van der Waals surface area contributed by atoms with Gasteiger partial charge in [0.1, 0.15) is 9.77 Å². The Morgan fingerprint density at radius 1 is 1.03 bits per heavy atom. The van der Waals surface area contributed by atoms with E-state index in [0.29, 0.717) is 31.6 Å². The molecule has 1 saturated heterocycles. The molecule has 0 atom stereocenters. The number of ether oxygens (including phenoxy) is 1. The van der Waals surface area contributed by atoms with E-state index >= 15 is 0 Å². The molecule has 2 heterocycles. The van der Waals surface area contributed by atoms with Crippen LogP contribution >= 0.6 is 11.3 Å². The summed E-state index contributed by atoms with van der Waals surface area (Å²) in [7, 11) is -2.57. The average Bonchev–Trinajstić information content (AvgIpc) is 3.15. The fourth-order valence-corrected chi connectivity index (χ4v) is 7.06. The monoisotopic (exact) mass is 444 g/mol. The Morgan fingerprint density at radius 3 is 2.43 bits per heavy atom. The van der Waals surface area contributed by atoms with Crippen LogP contribution in [0.1, 0.15) is 20.8 Å². The minimum atomic E-state index is -3.84. The van der Waals surface area contributed by atoms with E-state index in [-0.39, 0.29) is 9.77 Å². The zero-order valence-corrected chi connectivity index (χ0v) is 18.8. The highest BCUT2D eigenvalue weighted by molar-refractivity contribution is 7.89. The maximum Gasteiger partial charge on any atom is 0.349 e. The van der Waals surface area contributed by atoms with Crippen LogP contribution in [-0.2, 0) is 14.8 Å². The van der Waals surface area contributed by atoms with E-state index in [0.717, 1.165) is 21.7 Å². The second kappa shape index (κ2) is 8.02. The van der Waals surface area contributed by atoms with E-state index in [2.05, 4.69) is 36.9 Å². The second-order valence-corrected chi connectivity index (χ2v) is 10.4. The van der Waals surface area contributed by atoms with Gasteiger partial charge in [-0.25, -0.2) is 13.2 Å². The van der Waals surface area contributed by atoms with E-state index < -0.39 is 16.0 Å². The Bertz CT molecular complexity index is 1210. The van der Waals surface area contributed by atoms with Crippen molar-refractivity contribution in [2.24, 2.45) is 0 Å². The summed E-state index contributed by atoms with van der Waals surface area (Å²) in [5, 5.41) is 0.569. The molecule has 3 aromatic rings. The molecule has 4 rings (SSSR count). The van der Waals surface area contributed by atoms with Crippen molar-refractivity contribution in [1.82, 2.24) is 4.31 Å². The quantitative estimate of drug-likeness (QED) is 0.573. The van der Waals surface area contributed by atoms with Crippen molar-refractivity contribution < 1.29 is 17.9 Å². The summed E-state index contributed by atoms with van der Waals surface area (Å²) in [6, 6.07) is 13.5. The Balaban J connectivity index is 1.66. The molecule has 30 heavy (non-hydrogen) atoms. The van der Waals surface area contributed by atoms with Crippen molar-refractivity contribution in [1.29, 1.82) is 0 Å². The van der Waals surface area contributed by atoms with Gasteiger partial charge in [0.15, 0.2) is 0 Å². The number of methoxy groups -OCH3 is 1. The number of sulfonamides is 1. The number of benzene rings is 2. The molecule has 158 valence electrons. The van der Waals surface area contributed by atoms with Crippen LogP contribution in [0.4, 0.5) is 5.69 Å². The highest BCUT2D eigenvalue weighted by atomic mass is 32.2. The summed E-state index contributed by atoms with van der Waals surface area (Å²) in [6.45, 7) is 6.04. The van der Waals surface area contributed by atoms with Crippen LogP contribution in [0.25, 0.3) is 10.1 Å². The molecule has 0 radical (unpaired) electrons. The van der Waals surface area contributed by atoms with E-state index in [4.69, 9.17) is 4.74 Å². The van der Waals surface area contributed by atoms with Crippen molar-refractivity contribution in [2.45, 2.75) is 18.7 Å². The topological polar surface area (TPSA) is 66.9 Å². The number of nitrogens with zero attached hydrogens (tertiary/aromatic N) is 2. The number of esters is 1. The van der Waals surface area contributed by atoms with Crippen LogP contribution in [0.2, 0.25) is 0 Å². The molecule has 0 bridgehead atoms. The molecule has 0 saturated carbocycles. The summed E-state index contributed by atoms with van der Waals surface area (Å²) < 4.78 is 34.3. The third-order valence-electron chi connectivity index (χ3n) is 5.46. The first-order valence-corrected chi connectivity index (χ1v) is 12.0. The predicted molar refractivity (Wildman–Crippen MR) is 120 cm³/mol. The molecule has 1 aliphatic rings. The van der Waals surface area contributed by atoms with Crippen molar-refractivity contribution in [3.8, 4) is 0 Å². The molecule has 0 unspecified atom stereocenters. The normalized spacial score (nSPS) is 15.5. The standard InChI is InChI=1S/C22H24N2O4S2/c1-15-8-9-16(2)18(14-15)23-10-12-24(13-11-23)30(26,27)21-17-6-4-5-7-19(17)29-20(21)22(25)28-3/h4-9,14H,10-13H2,1-3H3.